The lowest BCUT2D eigenvalue weighted by Gasteiger charge is -2.34. The second kappa shape index (κ2) is 6.48. The molecule has 0 bridgehead atoms. The lowest BCUT2D eigenvalue weighted by molar-refractivity contribution is -0.161. The van der Waals surface area contributed by atoms with Gasteiger partial charge in [-0.1, -0.05) is 76.2 Å². The van der Waals surface area contributed by atoms with E-state index in [1.807, 2.05) is 0 Å². The van der Waals surface area contributed by atoms with Crippen LogP contribution in [0.5, 0.6) is 5.75 Å². The highest BCUT2D eigenvalue weighted by molar-refractivity contribution is 8.93. The molecule has 2 rings (SSSR count). The number of carboxylic acids is 1. The number of hydroxylamine groups is 2. The standard InChI is InChI=1S/C11H8Cl5NO3.BrH/c12-9(13)6-17(20-7-4-2-1-3-5-7)10(14,8(18)19)11(9,15)16;/h1-5H,6H2,(H,18,19);1H/t10-;/m1./s1. The van der Waals surface area contributed by atoms with Crippen molar-refractivity contribution in [3.63, 3.8) is 0 Å². The van der Waals surface area contributed by atoms with Gasteiger partial charge in [0.1, 0.15) is 5.75 Å². The van der Waals surface area contributed by atoms with Gasteiger partial charge in [0.05, 0.1) is 6.54 Å². The first-order valence-electron chi connectivity index (χ1n) is 5.31. The summed E-state index contributed by atoms with van der Waals surface area (Å²) in [5, 5.41) is 10.2. The maximum absolute atomic E-state index is 11.5. The average Bonchev–Trinajstić information content (AvgIpc) is 2.49. The van der Waals surface area contributed by atoms with Crippen molar-refractivity contribution >= 4 is 81.0 Å². The number of hydrogen-bond acceptors (Lipinski definition) is 3. The summed E-state index contributed by atoms with van der Waals surface area (Å²) in [6.07, 6.45) is 0. The maximum atomic E-state index is 11.5. The molecule has 10 heteroatoms. The zero-order chi connectivity index (χ0) is 15.2. The molecule has 0 amide bonds. The van der Waals surface area contributed by atoms with Gasteiger partial charge in [0, 0.05) is 0 Å². The van der Waals surface area contributed by atoms with Gasteiger partial charge in [0.25, 0.3) is 5.00 Å². The third-order valence-electron chi connectivity index (χ3n) is 2.80. The van der Waals surface area contributed by atoms with Crippen molar-refractivity contribution in [2.24, 2.45) is 0 Å². The number of benzene rings is 1. The summed E-state index contributed by atoms with van der Waals surface area (Å²) in [6, 6.07) is 8.37. The van der Waals surface area contributed by atoms with E-state index in [-0.39, 0.29) is 23.5 Å². The highest BCUT2D eigenvalue weighted by atomic mass is 79.9. The van der Waals surface area contributed by atoms with Gasteiger partial charge in [0.15, 0.2) is 8.67 Å². The molecule has 21 heavy (non-hydrogen) atoms. The lowest BCUT2D eigenvalue weighted by atomic mass is 10.2. The summed E-state index contributed by atoms with van der Waals surface area (Å²) in [5.74, 6) is -1.18. The zero-order valence-electron chi connectivity index (χ0n) is 10.1. The summed E-state index contributed by atoms with van der Waals surface area (Å²) in [7, 11) is 0. The van der Waals surface area contributed by atoms with E-state index in [1.165, 1.54) is 0 Å². The van der Waals surface area contributed by atoms with E-state index in [4.69, 9.17) is 62.8 Å². The number of alkyl halides is 5. The van der Waals surface area contributed by atoms with Crippen LogP contribution in [-0.4, -0.2) is 36.3 Å². The molecular weight excluding hydrogens is 451 g/mol. The van der Waals surface area contributed by atoms with Crippen molar-refractivity contribution in [3.8, 4) is 5.75 Å². The maximum Gasteiger partial charge on any atom is 0.346 e. The normalized spacial score (nSPS) is 26.9. The Morgan fingerprint density at radius 1 is 1.14 bits per heavy atom. The Balaban J connectivity index is 0.00000220. The fraction of sp³-hybridized carbons (Fsp3) is 0.364. The number of rotatable bonds is 3. The smallest absolute Gasteiger partial charge is 0.346 e. The molecule has 4 nitrogen and oxygen atoms in total. The predicted octanol–water partition coefficient (Wildman–Crippen LogP) is 4.24. The van der Waals surface area contributed by atoms with Crippen LogP contribution >= 0.6 is 75.0 Å². The molecule has 0 aromatic heterocycles. The molecule has 1 saturated heterocycles. The lowest BCUT2D eigenvalue weighted by Crippen LogP contribution is -2.57. The van der Waals surface area contributed by atoms with Gasteiger partial charge in [-0.3, -0.25) is 0 Å². The highest BCUT2D eigenvalue weighted by Crippen LogP contribution is 2.59. The summed E-state index contributed by atoms with van der Waals surface area (Å²) in [6.45, 7) is -0.298. The Morgan fingerprint density at radius 3 is 2.14 bits per heavy atom. The van der Waals surface area contributed by atoms with Crippen LogP contribution in [0, 0.1) is 0 Å². The van der Waals surface area contributed by atoms with Crippen molar-refractivity contribution in [2.75, 3.05) is 6.54 Å². The van der Waals surface area contributed by atoms with Crippen LogP contribution in [0.2, 0.25) is 0 Å². The molecule has 1 aromatic carbocycles. The summed E-state index contributed by atoms with van der Waals surface area (Å²) in [5.41, 5.74) is 0. The van der Waals surface area contributed by atoms with Crippen molar-refractivity contribution in [2.45, 2.75) is 13.7 Å². The Hall–Kier alpha value is 0.380. The molecule has 0 radical (unpaired) electrons. The topological polar surface area (TPSA) is 49.8 Å². The molecule has 1 N–H and O–H groups in total. The molecule has 1 heterocycles. The van der Waals surface area contributed by atoms with Gasteiger partial charge in [-0.05, 0) is 12.1 Å². The highest BCUT2D eigenvalue weighted by Gasteiger charge is 2.75. The van der Waals surface area contributed by atoms with Crippen LogP contribution in [0.15, 0.2) is 30.3 Å². The number of halogens is 6. The van der Waals surface area contributed by atoms with E-state index in [1.54, 1.807) is 30.3 Å². The van der Waals surface area contributed by atoms with E-state index in [2.05, 4.69) is 0 Å². The van der Waals surface area contributed by atoms with Gasteiger partial charge in [-0.2, -0.15) is 0 Å². The number of nitrogens with zero attached hydrogens (tertiary/aromatic N) is 1. The van der Waals surface area contributed by atoms with Crippen LogP contribution in [0.3, 0.4) is 0 Å². The number of carbonyl (C=O) groups is 1. The summed E-state index contributed by atoms with van der Waals surface area (Å²) >= 11 is 30.0. The van der Waals surface area contributed by atoms with E-state index in [9.17, 15) is 9.90 Å². The van der Waals surface area contributed by atoms with Gasteiger partial charge in [0.2, 0.25) is 0 Å². The van der Waals surface area contributed by atoms with Gasteiger partial charge >= 0.3 is 5.97 Å². The number of para-hydroxylation sites is 1. The van der Waals surface area contributed by atoms with Gasteiger partial charge < -0.3 is 9.94 Å². The van der Waals surface area contributed by atoms with Crippen LogP contribution in [0.25, 0.3) is 0 Å². The van der Waals surface area contributed by atoms with Crippen molar-refractivity contribution in [1.29, 1.82) is 0 Å². The van der Waals surface area contributed by atoms with E-state index in [0.29, 0.717) is 5.75 Å². The molecule has 1 fully saturated rings. The molecule has 1 aliphatic rings. The molecule has 118 valence electrons. The summed E-state index contributed by atoms with van der Waals surface area (Å²) < 4.78 is -4.02. The molecule has 1 aliphatic heterocycles. The fourth-order valence-corrected chi connectivity index (χ4v) is 3.04. The Kier molecular flexibility index (Phi) is 5.99. The zero-order valence-corrected chi connectivity index (χ0v) is 15.6. The molecule has 0 unspecified atom stereocenters. The van der Waals surface area contributed by atoms with Crippen LogP contribution < -0.4 is 4.84 Å². The van der Waals surface area contributed by atoms with Gasteiger partial charge in [-0.15, -0.1) is 22.0 Å². The Morgan fingerprint density at radius 2 is 1.67 bits per heavy atom. The quantitative estimate of drug-likeness (QED) is 0.542. The molecule has 0 saturated carbocycles. The van der Waals surface area contributed by atoms with Crippen LogP contribution in [0.1, 0.15) is 0 Å². The second-order valence-corrected chi connectivity index (χ2v) is 7.51. The minimum absolute atomic E-state index is 0. The van der Waals surface area contributed by atoms with Crippen molar-refractivity contribution in [3.05, 3.63) is 30.3 Å². The molecule has 0 spiro atoms. The number of aliphatic carboxylic acids is 1. The molecular formula is C11H9BrCl5NO3. The number of hydrogen-bond donors (Lipinski definition) is 1. The molecule has 1 aromatic rings. The van der Waals surface area contributed by atoms with E-state index in [0.717, 1.165) is 5.06 Å². The average molecular weight is 460 g/mol. The molecule has 1 atom stereocenters. The van der Waals surface area contributed by atoms with Crippen LogP contribution in [0.4, 0.5) is 0 Å². The Labute approximate surface area is 156 Å². The van der Waals surface area contributed by atoms with E-state index < -0.39 is 19.6 Å². The first-order chi connectivity index (χ1) is 9.13. The van der Waals surface area contributed by atoms with Gasteiger partial charge in [-0.25, -0.2) is 4.79 Å². The van der Waals surface area contributed by atoms with Crippen LogP contribution in [-0.2, 0) is 4.79 Å². The SMILES string of the molecule is Br.O=C(O)[C@@]1(Cl)N(Oc2ccccc2)CC(Cl)(Cl)C1(Cl)Cl. The first kappa shape index (κ1) is 19.4. The predicted molar refractivity (Wildman–Crippen MR) is 89.2 cm³/mol. The minimum atomic E-state index is -2.34. The fourth-order valence-electron chi connectivity index (χ4n) is 1.73. The molecule has 0 aliphatic carbocycles. The Bertz CT molecular complexity index is 530. The summed E-state index contributed by atoms with van der Waals surface area (Å²) in [4.78, 5) is 14.6. The van der Waals surface area contributed by atoms with E-state index >= 15 is 0 Å². The minimum Gasteiger partial charge on any atom is -0.479 e. The first-order valence-corrected chi connectivity index (χ1v) is 7.20. The number of carboxylic acid groups (broad SMARTS) is 1. The van der Waals surface area contributed by atoms with Crippen molar-refractivity contribution in [1.82, 2.24) is 5.06 Å². The largest absolute Gasteiger partial charge is 0.479 e. The monoisotopic (exact) mass is 457 g/mol. The third-order valence-corrected chi connectivity index (χ3v) is 6.02. The third kappa shape index (κ3) is 3.07. The second-order valence-electron chi connectivity index (χ2n) is 4.15. The van der Waals surface area contributed by atoms with Crippen molar-refractivity contribution < 1.29 is 14.7 Å².